The summed E-state index contributed by atoms with van der Waals surface area (Å²) in [6.07, 6.45) is 8.97. The summed E-state index contributed by atoms with van der Waals surface area (Å²) in [4.78, 5) is 44.4. The molecule has 6 heterocycles. The van der Waals surface area contributed by atoms with Gasteiger partial charge in [0.1, 0.15) is 4.90 Å². The predicted octanol–water partition coefficient (Wildman–Crippen LogP) is 6.59. The van der Waals surface area contributed by atoms with Crippen molar-refractivity contribution < 1.29 is 35.9 Å². The van der Waals surface area contributed by atoms with Gasteiger partial charge in [0.05, 0.1) is 33.5 Å². The zero-order valence-corrected chi connectivity index (χ0v) is 40.2. The van der Waals surface area contributed by atoms with Crippen LogP contribution >= 0.6 is 0 Å². The van der Waals surface area contributed by atoms with E-state index in [1.807, 2.05) is 15.9 Å². The van der Waals surface area contributed by atoms with Crippen molar-refractivity contribution in [2.45, 2.75) is 52.9 Å². The quantitative estimate of drug-likeness (QED) is 0.140. The van der Waals surface area contributed by atoms with Gasteiger partial charge in [0.15, 0.2) is 0 Å². The molecule has 6 aromatic rings. The number of hydrogen-bond acceptors (Lipinski definition) is 12. The zero-order chi connectivity index (χ0) is 47.5. The molecule has 69 heavy (non-hydrogen) atoms. The number of sulfone groups is 1. The Balaban J connectivity index is 0.821. The van der Waals surface area contributed by atoms with Gasteiger partial charge in [-0.05, 0) is 122 Å². The molecule has 15 nitrogen and oxygen atoms in total. The van der Waals surface area contributed by atoms with Crippen molar-refractivity contribution in [2.24, 2.45) is 5.92 Å². The van der Waals surface area contributed by atoms with Crippen LogP contribution in [0.4, 0.5) is 5.69 Å². The Hall–Kier alpha value is -5.82. The highest BCUT2D eigenvalue weighted by atomic mass is 32.2. The molecule has 4 saturated heterocycles. The lowest BCUT2D eigenvalue weighted by molar-refractivity contribution is -0.0130. The Morgan fingerprint density at radius 3 is 1.91 bits per heavy atom. The molecule has 10 rings (SSSR count). The molecule has 2 unspecified atom stereocenters. The van der Waals surface area contributed by atoms with Crippen molar-refractivity contribution in [3.63, 3.8) is 0 Å². The van der Waals surface area contributed by atoms with Gasteiger partial charge in [0, 0.05) is 124 Å². The van der Waals surface area contributed by atoms with E-state index in [4.69, 9.17) is 9.47 Å². The van der Waals surface area contributed by atoms with Crippen LogP contribution in [0.3, 0.4) is 0 Å². The maximum atomic E-state index is 14.2. The number of piperazine rings is 2. The molecule has 2 amide bonds. The molecule has 4 aliphatic heterocycles. The zero-order valence-electron chi connectivity index (χ0n) is 38.5. The number of carbonyl (C=O) groups is 2. The first-order valence-electron chi connectivity index (χ1n) is 24.0. The summed E-state index contributed by atoms with van der Waals surface area (Å²) in [7, 11) is -8.28. The number of nitrogens with one attached hydrogen (secondary N) is 1. The van der Waals surface area contributed by atoms with Crippen molar-refractivity contribution in [3.8, 4) is 11.1 Å². The maximum Gasteiger partial charge on any atom is 0.264 e. The number of aromatic nitrogens is 2. The third-order valence-corrected chi connectivity index (χ3v) is 17.1. The lowest BCUT2D eigenvalue weighted by Crippen LogP contribution is -2.50. The van der Waals surface area contributed by atoms with Crippen LogP contribution in [0.25, 0.3) is 32.9 Å². The summed E-state index contributed by atoms with van der Waals surface area (Å²) < 4.78 is 71.0. The Bertz CT molecular complexity index is 3050. The number of pyridine rings is 2. The van der Waals surface area contributed by atoms with E-state index in [2.05, 4.69) is 24.5 Å². The molecule has 0 saturated carbocycles. The van der Waals surface area contributed by atoms with Crippen LogP contribution < -0.4 is 4.72 Å². The molecule has 0 radical (unpaired) electrons. The van der Waals surface area contributed by atoms with Gasteiger partial charge in [0.2, 0.25) is 9.84 Å². The van der Waals surface area contributed by atoms with E-state index < -0.39 is 19.9 Å². The van der Waals surface area contributed by atoms with Crippen LogP contribution in [0.2, 0.25) is 0 Å². The number of rotatable bonds is 12. The first-order chi connectivity index (χ1) is 33.5. The second-order valence-electron chi connectivity index (χ2n) is 18.6. The fourth-order valence-electron chi connectivity index (χ4n) is 10.0. The van der Waals surface area contributed by atoms with Crippen molar-refractivity contribution >= 4 is 59.2 Å². The minimum absolute atomic E-state index is 0.0102. The Kier molecular flexibility index (Phi) is 13.8. The summed E-state index contributed by atoms with van der Waals surface area (Å²) in [6.45, 7) is 9.87. The molecule has 2 aromatic heterocycles. The van der Waals surface area contributed by atoms with E-state index in [1.165, 1.54) is 49.5 Å². The first-order valence-corrected chi connectivity index (χ1v) is 26.9. The number of sulfonamides is 1. The Morgan fingerprint density at radius 2 is 1.26 bits per heavy atom. The average Bonchev–Trinajstić information content (AvgIpc) is 3.38. The van der Waals surface area contributed by atoms with Gasteiger partial charge < -0.3 is 19.3 Å². The third-order valence-electron chi connectivity index (χ3n) is 13.9. The van der Waals surface area contributed by atoms with Gasteiger partial charge in [0.25, 0.3) is 21.8 Å². The van der Waals surface area contributed by atoms with E-state index in [-0.39, 0.29) is 49.3 Å². The lowest BCUT2D eigenvalue weighted by Gasteiger charge is -2.37. The van der Waals surface area contributed by atoms with Crippen molar-refractivity contribution in [1.29, 1.82) is 0 Å². The van der Waals surface area contributed by atoms with Crippen LogP contribution in [0.1, 0.15) is 52.8 Å². The van der Waals surface area contributed by atoms with Crippen molar-refractivity contribution in [1.82, 2.24) is 29.6 Å². The lowest BCUT2D eigenvalue weighted by atomic mass is 10.0. The van der Waals surface area contributed by atoms with Crippen LogP contribution in [-0.4, -0.2) is 150 Å². The summed E-state index contributed by atoms with van der Waals surface area (Å²) in [5.74, 6) is 0.303. The molecule has 4 aliphatic rings. The third kappa shape index (κ3) is 10.4. The first kappa shape index (κ1) is 46.9. The number of nitrogens with zero attached hydrogens (tertiary/aromatic N) is 6. The predicted molar refractivity (Wildman–Crippen MR) is 263 cm³/mol. The summed E-state index contributed by atoms with van der Waals surface area (Å²) in [5.41, 5.74) is 2.82. The molecule has 0 bridgehead atoms. The van der Waals surface area contributed by atoms with Gasteiger partial charge >= 0.3 is 0 Å². The van der Waals surface area contributed by atoms with Crippen molar-refractivity contribution in [3.05, 3.63) is 121 Å². The summed E-state index contributed by atoms with van der Waals surface area (Å²) in [6, 6.07) is 26.1. The number of carbonyl (C=O) groups excluding carboxylic acids is 2. The number of para-hydroxylation sites is 1. The molecule has 360 valence electrons. The second kappa shape index (κ2) is 20.3. The largest absolute Gasteiger partial charge is 0.381 e. The fraction of sp³-hybridized carbons (Fsp3) is 0.385. The minimum atomic E-state index is -4.22. The van der Waals surface area contributed by atoms with Crippen molar-refractivity contribution in [2.75, 3.05) is 90.0 Å². The number of fused-ring (bicyclic) bond motifs is 2. The second-order valence-corrected chi connectivity index (χ2v) is 22.1. The van der Waals surface area contributed by atoms with Gasteiger partial charge in [-0.3, -0.25) is 34.1 Å². The molecule has 1 N–H and O–H groups in total. The van der Waals surface area contributed by atoms with E-state index in [0.29, 0.717) is 65.1 Å². The minimum Gasteiger partial charge on any atom is -0.381 e. The Labute approximate surface area is 403 Å². The van der Waals surface area contributed by atoms with Gasteiger partial charge in [-0.2, -0.15) is 0 Å². The molecule has 17 heteroatoms. The van der Waals surface area contributed by atoms with Crippen LogP contribution in [0, 0.1) is 5.92 Å². The van der Waals surface area contributed by atoms with Crippen LogP contribution in [0.5, 0.6) is 0 Å². The van der Waals surface area contributed by atoms with E-state index in [1.54, 1.807) is 66.7 Å². The molecule has 0 aliphatic carbocycles. The van der Waals surface area contributed by atoms with Gasteiger partial charge in [-0.25, -0.2) is 16.8 Å². The molecular formula is C52H57N7O8S2. The highest BCUT2D eigenvalue weighted by Crippen LogP contribution is 2.34. The molecule has 0 spiro atoms. The van der Waals surface area contributed by atoms with Gasteiger partial charge in [-0.15, -0.1) is 0 Å². The van der Waals surface area contributed by atoms with E-state index >= 15 is 0 Å². The summed E-state index contributed by atoms with van der Waals surface area (Å²) >= 11 is 0. The standard InChI is InChI=1S/C52H57N7O8S2/c60-51(59-26-22-57(23-27-59)35-45-9-1-2-29-67-45)38-11-15-44(16-12-38)55-69(64,65)48-32-42(30-41-8-4-19-53-50(41)48)43-31-40-7-3-10-47(49(40)54-33-43)68(62,63)46-17-13-39(14-18-46)52(61)58-24-20-56(21-25-58)34-37-6-5-28-66-36-37/h3-4,7-8,10-19,30-33,37,45,55H,1-2,5-6,9,20-29,34-36H2. The molecule has 2 atom stereocenters. The number of anilines is 1. The number of benzene rings is 4. The molecule has 4 fully saturated rings. The number of hydrogen-bond donors (Lipinski definition) is 1. The van der Waals surface area contributed by atoms with Crippen LogP contribution in [0.15, 0.2) is 124 Å². The highest BCUT2D eigenvalue weighted by molar-refractivity contribution is 7.93. The normalized spacial score (nSPS) is 20.0. The topological polar surface area (TPSA) is 172 Å². The van der Waals surface area contributed by atoms with Gasteiger partial charge in [-0.1, -0.05) is 18.2 Å². The fourth-order valence-corrected chi connectivity index (χ4v) is 12.7. The highest BCUT2D eigenvalue weighted by Gasteiger charge is 2.29. The Morgan fingerprint density at radius 1 is 0.623 bits per heavy atom. The monoisotopic (exact) mass is 971 g/mol. The molecule has 4 aromatic carbocycles. The van der Waals surface area contributed by atoms with E-state index in [9.17, 15) is 26.4 Å². The molecular weight excluding hydrogens is 915 g/mol. The summed E-state index contributed by atoms with van der Waals surface area (Å²) in [5, 5.41) is 1.11. The van der Waals surface area contributed by atoms with Crippen LogP contribution in [-0.2, 0) is 29.3 Å². The number of amides is 2. The van der Waals surface area contributed by atoms with E-state index in [0.717, 1.165) is 78.4 Å². The maximum absolute atomic E-state index is 14.2. The SMILES string of the molecule is O=C(c1ccc(S(=O)(=O)c2cccc3cc(-c4cc(S(=O)(=O)Nc5ccc(C(=O)N6CCN(CC7CCCCO7)CC6)cc5)c5ncccc5c4)cnc23)cc1)N1CCN(CC2CCCOC2)CC1. The average molecular weight is 972 g/mol. The number of ether oxygens (including phenoxy) is 2. The smallest absolute Gasteiger partial charge is 0.264 e.